The van der Waals surface area contributed by atoms with Crippen LogP contribution in [0.1, 0.15) is 6.92 Å². The molecule has 86 valence electrons. The summed E-state index contributed by atoms with van der Waals surface area (Å²) in [6.07, 6.45) is 0. The third-order valence-corrected chi connectivity index (χ3v) is 4.00. The molecule has 0 spiro atoms. The summed E-state index contributed by atoms with van der Waals surface area (Å²) in [4.78, 5) is 4.55. The Bertz CT molecular complexity index is 675. The molecular weight excluding hydrogens is 230 g/mol. The van der Waals surface area contributed by atoms with E-state index in [2.05, 4.69) is 41.4 Å². The van der Waals surface area contributed by atoms with Gasteiger partial charge in [0.1, 0.15) is 0 Å². The molecule has 0 radical (unpaired) electrons. The summed E-state index contributed by atoms with van der Waals surface area (Å²) < 4.78 is 1.21. The Morgan fingerprint density at radius 1 is 1.24 bits per heavy atom. The highest BCUT2D eigenvalue weighted by atomic mass is 32.1. The first-order valence-corrected chi connectivity index (χ1v) is 6.42. The van der Waals surface area contributed by atoms with Gasteiger partial charge in [0.05, 0.1) is 10.2 Å². The van der Waals surface area contributed by atoms with Gasteiger partial charge in [-0.15, -0.1) is 0 Å². The van der Waals surface area contributed by atoms with Crippen LogP contribution in [0, 0.1) is 0 Å². The summed E-state index contributed by atoms with van der Waals surface area (Å²) >= 11 is 1.65. The second-order valence-corrected chi connectivity index (χ2v) is 4.89. The van der Waals surface area contributed by atoms with Gasteiger partial charge in [-0.1, -0.05) is 41.7 Å². The van der Waals surface area contributed by atoms with E-state index < -0.39 is 0 Å². The van der Waals surface area contributed by atoms with Gasteiger partial charge in [-0.05, 0) is 18.4 Å². The van der Waals surface area contributed by atoms with Crippen LogP contribution in [0.25, 0.3) is 21.0 Å². The van der Waals surface area contributed by atoms with E-state index in [1.807, 2.05) is 6.92 Å². The van der Waals surface area contributed by atoms with Gasteiger partial charge in [0.2, 0.25) is 5.13 Å². The maximum Gasteiger partial charge on any atom is 0.200 e. The Hall–Kier alpha value is -1.65. The largest absolute Gasteiger partial charge is 0.286 e. The van der Waals surface area contributed by atoms with Gasteiger partial charge < -0.3 is 0 Å². The lowest BCUT2D eigenvalue weighted by Crippen LogP contribution is -2.29. The predicted molar refractivity (Wildman–Crippen MR) is 74.3 cm³/mol. The Morgan fingerprint density at radius 2 is 2.06 bits per heavy atom. The van der Waals surface area contributed by atoms with E-state index in [0.717, 1.165) is 17.2 Å². The van der Waals surface area contributed by atoms with Gasteiger partial charge in [0.25, 0.3) is 0 Å². The van der Waals surface area contributed by atoms with E-state index in [1.54, 1.807) is 16.3 Å². The molecule has 3 aromatic rings. The lowest BCUT2D eigenvalue weighted by molar-refractivity contribution is 0.887. The number of nitrogens with two attached hydrogens (primary N) is 1. The summed E-state index contributed by atoms with van der Waals surface area (Å²) in [7, 11) is 0. The van der Waals surface area contributed by atoms with Crippen LogP contribution in [-0.2, 0) is 0 Å². The van der Waals surface area contributed by atoms with Crippen LogP contribution < -0.4 is 10.9 Å². The molecule has 1 heterocycles. The predicted octanol–water partition coefficient (Wildman–Crippen LogP) is 3.15. The average Bonchev–Trinajstić information content (AvgIpc) is 2.82. The highest BCUT2D eigenvalue weighted by Crippen LogP contribution is 2.33. The Labute approximate surface area is 103 Å². The Kier molecular flexibility index (Phi) is 2.46. The van der Waals surface area contributed by atoms with Crippen molar-refractivity contribution in [1.82, 2.24) is 4.98 Å². The third kappa shape index (κ3) is 1.66. The quantitative estimate of drug-likeness (QED) is 0.555. The first kappa shape index (κ1) is 10.5. The second kappa shape index (κ2) is 3.98. The highest BCUT2D eigenvalue weighted by Gasteiger charge is 2.09. The molecule has 0 aliphatic carbocycles. The second-order valence-electron chi connectivity index (χ2n) is 3.92. The van der Waals surface area contributed by atoms with Crippen molar-refractivity contribution in [3.05, 3.63) is 36.4 Å². The summed E-state index contributed by atoms with van der Waals surface area (Å²) in [5, 5.41) is 5.05. The smallest absolute Gasteiger partial charge is 0.200 e. The molecule has 0 unspecified atom stereocenters. The Morgan fingerprint density at radius 3 is 2.88 bits per heavy atom. The first-order valence-electron chi connectivity index (χ1n) is 5.60. The molecule has 0 amide bonds. The van der Waals surface area contributed by atoms with Crippen LogP contribution in [0.15, 0.2) is 36.4 Å². The van der Waals surface area contributed by atoms with Crippen LogP contribution in [-0.4, -0.2) is 11.5 Å². The molecule has 0 fully saturated rings. The van der Waals surface area contributed by atoms with Gasteiger partial charge >= 0.3 is 0 Å². The molecule has 2 aromatic carbocycles. The summed E-state index contributed by atoms with van der Waals surface area (Å²) in [5.41, 5.74) is 1.02. The van der Waals surface area contributed by atoms with Crippen molar-refractivity contribution < 1.29 is 0 Å². The molecule has 4 heteroatoms. The molecule has 3 rings (SSSR count). The van der Waals surface area contributed by atoms with Gasteiger partial charge in [-0.2, -0.15) is 0 Å². The van der Waals surface area contributed by atoms with Gasteiger partial charge in [0.15, 0.2) is 0 Å². The van der Waals surface area contributed by atoms with Crippen molar-refractivity contribution in [2.45, 2.75) is 6.92 Å². The van der Waals surface area contributed by atoms with Gasteiger partial charge in [-0.25, -0.2) is 10.8 Å². The van der Waals surface area contributed by atoms with Crippen molar-refractivity contribution in [2.75, 3.05) is 11.6 Å². The number of aromatic nitrogens is 1. The lowest BCUT2D eigenvalue weighted by atomic mass is 10.1. The van der Waals surface area contributed by atoms with Gasteiger partial charge in [-0.3, -0.25) is 5.01 Å². The van der Waals surface area contributed by atoms with E-state index in [4.69, 9.17) is 5.84 Å². The zero-order chi connectivity index (χ0) is 11.8. The molecule has 0 aliphatic rings. The van der Waals surface area contributed by atoms with E-state index in [0.29, 0.717) is 0 Å². The molecule has 0 saturated heterocycles. The Balaban J connectivity index is 2.31. The zero-order valence-electron chi connectivity index (χ0n) is 9.55. The van der Waals surface area contributed by atoms with E-state index in [9.17, 15) is 0 Å². The molecule has 0 atom stereocenters. The van der Waals surface area contributed by atoms with Crippen LogP contribution >= 0.6 is 11.3 Å². The average molecular weight is 243 g/mol. The van der Waals surface area contributed by atoms with Crippen molar-refractivity contribution in [3.8, 4) is 0 Å². The number of thiazole rings is 1. The maximum atomic E-state index is 5.88. The van der Waals surface area contributed by atoms with Crippen molar-refractivity contribution in [1.29, 1.82) is 0 Å². The first-order chi connectivity index (χ1) is 8.29. The minimum Gasteiger partial charge on any atom is -0.286 e. The van der Waals surface area contributed by atoms with Crippen LogP contribution in [0.4, 0.5) is 5.13 Å². The molecule has 1 aromatic heterocycles. The van der Waals surface area contributed by atoms with Crippen molar-refractivity contribution in [3.63, 3.8) is 0 Å². The minimum atomic E-state index is 0.762. The summed E-state index contributed by atoms with van der Waals surface area (Å²) in [6, 6.07) is 12.5. The number of benzene rings is 2. The molecule has 0 saturated carbocycles. The van der Waals surface area contributed by atoms with Crippen molar-refractivity contribution in [2.24, 2.45) is 5.84 Å². The molecule has 2 N–H and O–H groups in total. The SMILES string of the molecule is CCN(N)c1nc2ccc3ccccc3c2s1. The fourth-order valence-electron chi connectivity index (χ4n) is 1.90. The maximum absolute atomic E-state index is 5.88. The number of hydrazine groups is 1. The number of fused-ring (bicyclic) bond motifs is 3. The summed E-state index contributed by atoms with van der Waals surface area (Å²) in [6.45, 7) is 2.78. The summed E-state index contributed by atoms with van der Waals surface area (Å²) in [5.74, 6) is 5.88. The molecule has 0 bridgehead atoms. The number of anilines is 1. The fourth-order valence-corrected chi connectivity index (χ4v) is 2.99. The number of rotatable bonds is 2. The fraction of sp³-hybridized carbons (Fsp3) is 0.154. The van der Waals surface area contributed by atoms with Crippen LogP contribution in [0.3, 0.4) is 0 Å². The topological polar surface area (TPSA) is 42.1 Å². The number of hydrogen-bond donors (Lipinski definition) is 1. The molecular formula is C13H13N3S. The van der Waals surface area contributed by atoms with Crippen molar-refractivity contribution >= 4 is 37.5 Å². The molecule has 3 nitrogen and oxygen atoms in total. The number of hydrogen-bond acceptors (Lipinski definition) is 4. The molecule has 0 aliphatic heterocycles. The normalized spacial score (nSPS) is 11.2. The number of nitrogens with zero attached hydrogens (tertiary/aromatic N) is 2. The van der Waals surface area contributed by atoms with Gasteiger partial charge in [0, 0.05) is 11.9 Å². The van der Waals surface area contributed by atoms with E-state index >= 15 is 0 Å². The highest BCUT2D eigenvalue weighted by molar-refractivity contribution is 7.23. The van der Waals surface area contributed by atoms with Crippen LogP contribution in [0.2, 0.25) is 0 Å². The zero-order valence-corrected chi connectivity index (χ0v) is 10.4. The van der Waals surface area contributed by atoms with Crippen LogP contribution in [0.5, 0.6) is 0 Å². The lowest BCUT2D eigenvalue weighted by Gasteiger charge is -2.10. The minimum absolute atomic E-state index is 0.762. The monoisotopic (exact) mass is 243 g/mol. The van der Waals surface area contributed by atoms with E-state index in [-0.39, 0.29) is 0 Å². The van der Waals surface area contributed by atoms with E-state index in [1.165, 1.54) is 15.5 Å². The third-order valence-electron chi connectivity index (χ3n) is 2.85. The molecule has 17 heavy (non-hydrogen) atoms. The standard InChI is InChI=1S/C13H13N3S/c1-2-16(14)13-15-11-8-7-9-5-3-4-6-10(9)12(11)17-13/h3-8H,2,14H2,1H3.